The van der Waals surface area contributed by atoms with Crippen LogP contribution in [0.5, 0.6) is 5.75 Å². The molecule has 88 valence electrons. The molecular formula is C10H15N3O3. The first kappa shape index (κ1) is 12.4. The van der Waals surface area contributed by atoms with Crippen molar-refractivity contribution < 1.29 is 14.7 Å². The summed E-state index contributed by atoms with van der Waals surface area (Å²) in [5.74, 6) is 5.34. The normalized spacial score (nSPS) is 10.1. The van der Waals surface area contributed by atoms with Crippen LogP contribution in [0.25, 0.3) is 0 Å². The zero-order chi connectivity index (χ0) is 12.0. The predicted octanol–water partition coefficient (Wildman–Crippen LogP) is -0.268. The van der Waals surface area contributed by atoms with Gasteiger partial charge < -0.3 is 20.4 Å². The van der Waals surface area contributed by atoms with Gasteiger partial charge in [-0.15, -0.1) is 0 Å². The lowest BCUT2D eigenvalue weighted by Crippen LogP contribution is -2.13. The number of hydrogen-bond donors (Lipinski definition) is 4. The number of rotatable bonds is 6. The van der Waals surface area contributed by atoms with Crippen LogP contribution < -0.4 is 16.4 Å². The number of nitrogens with two attached hydrogens (primary N) is 2. The third-order valence-corrected chi connectivity index (χ3v) is 2.00. The van der Waals surface area contributed by atoms with Crippen LogP contribution in [0.2, 0.25) is 0 Å². The van der Waals surface area contributed by atoms with E-state index >= 15 is 0 Å². The van der Waals surface area contributed by atoms with Crippen molar-refractivity contribution >= 4 is 5.84 Å². The van der Waals surface area contributed by atoms with Gasteiger partial charge in [0.25, 0.3) is 0 Å². The first-order valence-corrected chi connectivity index (χ1v) is 4.71. The number of benzene rings is 1. The van der Waals surface area contributed by atoms with Gasteiger partial charge in [-0.05, 0) is 18.2 Å². The van der Waals surface area contributed by atoms with Crippen molar-refractivity contribution in [2.24, 2.45) is 11.6 Å². The summed E-state index contributed by atoms with van der Waals surface area (Å²) >= 11 is 0. The maximum absolute atomic E-state index is 9.13. The van der Waals surface area contributed by atoms with Crippen molar-refractivity contribution in [2.45, 2.75) is 6.61 Å². The predicted molar refractivity (Wildman–Crippen MR) is 59.0 cm³/mol. The van der Waals surface area contributed by atoms with E-state index in [4.69, 9.17) is 26.9 Å². The molecule has 1 rings (SSSR count). The van der Waals surface area contributed by atoms with Crippen molar-refractivity contribution in [2.75, 3.05) is 13.2 Å². The Labute approximate surface area is 93.2 Å². The Kier molecular flexibility index (Phi) is 4.71. The van der Waals surface area contributed by atoms with E-state index in [1.54, 1.807) is 18.2 Å². The zero-order valence-corrected chi connectivity index (χ0v) is 8.77. The molecule has 6 N–H and O–H groups in total. The fraction of sp³-hybridized carbons (Fsp3) is 0.300. The van der Waals surface area contributed by atoms with Gasteiger partial charge in [0.1, 0.15) is 24.8 Å². The summed E-state index contributed by atoms with van der Waals surface area (Å²) in [7, 11) is 0. The van der Waals surface area contributed by atoms with Gasteiger partial charge in [0, 0.05) is 11.1 Å². The quantitative estimate of drug-likeness (QED) is 0.230. The molecule has 0 aliphatic heterocycles. The Morgan fingerprint density at radius 3 is 2.69 bits per heavy atom. The minimum Gasteiger partial charge on any atom is -0.491 e. The maximum atomic E-state index is 9.13. The van der Waals surface area contributed by atoms with Crippen molar-refractivity contribution in [1.29, 1.82) is 5.41 Å². The number of hydrogen-bond acceptors (Lipinski definition) is 5. The van der Waals surface area contributed by atoms with Crippen molar-refractivity contribution in [1.82, 2.24) is 0 Å². The third kappa shape index (κ3) is 3.20. The molecular weight excluding hydrogens is 210 g/mol. The molecule has 0 bridgehead atoms. The fourth-order valence-corrected chi connectivity index (χ4v) is 1.21. The molecule has 1 aromatic carbocycles. The second-order valence-corrected chi connectivity index (χ2v) is 3.11. The molecule has 0 saturated carbocycles. The van der Waals surface area contributed by atoms with Gasteiger partial charge in [-0.25, -0.2) is 5.90 Å². The molecule has 0 spiro atoms. The lowest BCUT2D eigenvalue weighted by molar-refractivity contribution is 0.101. The largest absolute Gasteiger partial charge is 0.491 e. The van der Waals surface area contributed by atoms with Gasteiger partial charge in [-0.3, -0.25) is 5.41 Å². The van der Waals surface area contributed by atoms with Crippen molar-refractivity contribution in [3.05, 3.63) is 29.3 Å². The minimum absolute atomic E-state index is 0.0495. The van der Waals surface area contributed by atoms with Crippen LogP contribution in [-0.2, 0) is 11.4 Å². The highest BCUT2D eigenvalue weighted by atomic mass is 16.6. The summed E-state index contributed by atoms with van der Waals surface area (Å²) < 4.78 is 5.33. The molecule has 1 aromatic rings. The van der Waals surface area contributed by atoms with Gasteiger partial charge in [0.05, 0.1) is 6.61 Å². The van der Waals surface area contributed by atoms with Crippen LogP contribution in [0.15, 0.2) is 18.2 Å². The molecule has 0 fully saturated rings. The van der Waals surface area contributed by atoms with Crippen LogP contribution in [-0.4, -0.2) is 24.2 Å². The number of nitrogens with one attached hydrogen (secondary N) is 1. The van der Waals surface area contributed by atoms with Crippen LogP contribution in [0.3, 0.4) is 0 Å². The number of nitrogen functional groups attached to an aromatic ring is 1. The fourth-order valence-electron chi connectivity index (χ4n) is 1.21. The molecule has 0 aliphatic rings. The zero-order valence-electron chi connectivity index (χ0n) is 8.77. The molecule has 6 nitrogen and oxygen atoms in total. The average molecular weight is 225 g/mol. The Morgan fingerprint density at radius 1 is 1.38 bits per heavy atom. The lowest BCUT2D eigenvalue weighted by Gasteiger charge is -2.10. The number of ether oxygens (including phenoxy) is 1. The molecule has 0 atom stereocenters. The van der Waals surface area contributed by atoms with E-state index in [2.05, 4.69) is 4.84 Å². The first-order chi connectivity index (χ1) is 7.69. The van der Waals surface area contributed by atoms with Gasteiger partial charge in [0.2, 0.25) is 0 Å². The summed E-state index contributed by atoms with van der Waals surface area (Å²) in [6.45, 7) is 0.377. The molecule has 0 radical (unpaired) electrons. The van der Waals surface area contributed by atoms with E-state index in [1.807, 2.05) is 0 Å². The highest BCUT2D eigenvalue weighted by molar-refractivity contribution is 5.95. The molecule has 0 heterocycles. The highest BCUT2D eigenvalue weighted by Gasteiger charge is 2.05. The second-order valence-electron chi connectivity index (χ2n) is 3.11. The Hall–Kier alpha value is -1.63. The standard InChI is InChI=1S/C10H15N3O3/c11-10(12)7-1-2-9(8(5-7)6-14)15-3-4-16-13/h1-2,5,14H,3-4,6,13H2,(H3,11,12). The van der Waals surface area contributed by atoms with Gasteiger partial charge in [0.15, 0.2) is 0 Å². The van der Waals surface area contributed by atoms with Crippen LogP contribution in [0, 0.1) is 5.41 Å². The monoisotopic (exact) mass is 225 g/mol. The third-order valence-electron chi connectivity index (χ3n) is 2.00. The summed E-state index contributed by atoms with van der Waals surface area (Å²) in [6.07, 6.45) is 0. The van der Waals surface area contributed by atoms with Crippen molar-refractivity contribution in [3.8, 4) is 5.75 Å². The molecule has 0 saturated heterocycles. The SMILES string of the molecule is N=C(N)c1ccc(OCCON)c(CO)c1. The molecule has 16 heavy (non-hydrogen) atoms. The first-order valence-electron chi connectivity index (χ1n) is 4.71. The van der Waals surface area contributed by atoms with E-state index in [1.165, 1.54) is 0 Å². The Bertz CT molecular complexity index is 368. The highest BCUT2D eigenvalue weighted by Crippen LogP contribution is 2.20. The smallest absolute Gasteiger partial charge is 0.124 e. The lowest BCUT2D eigenvalue weighted by atomic mass is 10.1. The number of aliphatic hydroxyl groups excluding tert-OH is 1. The Morgan fingerprint density at radius 2 is 2.12 bits per heavy atom. The van der Waals surface area contributed by atoms with Crippen LogP contribution >= 0.6 is 0 Å². The van der Waals surface area contributed by atoms with Crippen LogP contribution in [0.4, 0.5) is 0 Å². The summed E-state index contributed by atoms with van der Waals surface area (Å²) in [6, 6.07) is 4.92. The minimum atomic E-state index is -0.181. The topological polar surface area (TPSA) is 115 Å². The van der Waals surface area contributed by atoms with Crippen LogP contribution in [0.1, 0.15) is 11.1 Å². The van der Waals surface area contributed by atoms with Gasteiger partial charge in [-0.1, -0.05) is 0 Å². The van der Waals surface area contributed by atoms with E-state index in [-0.39, 0.29) is 19.0 Å². The van der Waals surface area contributed by atoms with Crippen molar-refractivity contribution in [3.63, 3.8) is 0 Å². The Balaban J connectivity index is 2.80. The summed E-state index contributed by atoms with van der Waals surface area (Å²) in [5.41, 5.74) is 6.45. The van der Waals surface area contributed by atoms with E-state index < -0.39 is 0 Å². The molecule has 0 unspecified atom stereocenters. The molecule has 0 amide bonds. The average Bonchev–Trinajstić information content (AvgIpc) is 2.29. The second kappa shape index (κ2) is 6.06. The number of aliphatic hydroxyl groups is 1. The molecule has 0 aromatic heterocycles. The summed E-state index contributed by atoms with van der Waals surface area (Å²) in [4.78, 5) is 4.36. The van der Waals surface area contributed by atoms with E-state index in [0.717, 1.165) is 0 Å². The molecule has 6 heteroatoms. The summed E-state index contributed by atoms with van der Waals surface area (Å²) in [5, 5.41) is 16.4. The molecule has 0 aliphatic carbocycles. The van der Waals surface area contributed by atoms with Gasteiger partial charge in [-0.2, -0.15) is 0 Å². The van der Waals surface area contributed by atoms with Gasteiger partial charge >= 0.3 is 0 Å². The number of amidine groups is 1. The maximum Gasteiger partial charge on any atom is 0.124 e. The van der Waals surface area contributed by atoms with E-state index in [0.29, 0.717) is 23.5 Å². The van der Waals surface area contributed by atoms with E-state index in [9.17, 15) is 0 Å².